The molecule has 0 aliphatic carbocycles. The van der Waals surface area contributed by atoms with Crippen molar-refractivity contribution in [2.45, 2.75) is 9.72 Å². The number of ether oxygens (including phenoxy) is 1. The Labute approximate surface area is 128 Å². The lowest BCUT2D eigenvalue weighted by Crippen LogP contribution is -2.33. The summed E-state index contributed by atoms with van der Waals surface area (Å²) in [4.78, 5) is 14.0. The van der Waals surface area contributed by atoms with Crippen LogP contribution in [0.5, 0.6) is 0 Å². The second kappa shape index (κ2) is 7.19. The van der Waals surface area contributed by atoms with Crippen LogP contribution in [0.4, 0.5) is 0 Å². The number of halogens is 1. The molecule has 0 aliphatic heterocycles. The summed E-state index contributed by atoms with van der Waals surface area (Å²) in [6.07, 6.45) is 1.14. The Morgan fingerprint density at radius 2 is 1.90 bits per heavy atom. The van der Waals surface area contributed by atoms with E-state index in [0.29, 0.717) is 18.7 Å². The number of hydrogen-bond acceptors (Lipinski definition) is 4. The number of sulfone groups is 1. The summed E-state index contributed by atoms with van der Waals surface area (Å²) in [5.41, 5.74) is 0.456. The zero-order valence-electron chi connectivity index (χ0n) is 11.7. The number of hydrogen-bond donors (Lipinski definition) is 0. The predicted molar refractivity (Wildman–Crippen MR) is 81.1 cm³/mol. The maximum Gasteiger partial charge on any atom is 0.253 e. The smallest absolute Gasteiger partial charge is 0.253 e. The van der Waals surface area contributed by atoms with E-state index in [1.165, 1.54) is 24.3 Å². The van der Waals surface area contributed by atoms with Crippen LogP contribution in [0.1, 0.15) is 10.4 Å². The van der Waals surface area contributed by atoms with Gasteiger partial charge in [0.1, 0.15) is 0 Å². The summed E-state index contributed by atoms with van der Waals surface area (Å²) in [7, 11) is 0.0476. The zero-order chi connectivity index (χ0) is 15.3. The summed E-state index contributed by atoms with van der Waals surface area (Å²) >= 11 is 3.42. The van der Waals surface area contributed by atoms with Gasteiger partial charge in [0.25, 0.3) is 5.91 Å². The summed E-state index contributed by atoms with van der Waals surface area (Å²) < 4.78 is 27.7. The molecule has 0 fully saturated rings. The topological polar surface area (TPSA) is 63.7 Å². The number of nitrogens with zero attached hydrogens (tertiary/aromatic N) is 1. The molecule has 0 radical (unpaired) electrons. The third kappa shape index (κ3) is 4.88. The van der Waals surface area contributed by atoms with Crippen molar-refractivity contribution in [2.24, 2.45) is 0 Å². The molecular formula is C13H18BrNO4S. The monoisotopic (exact) mass is 363 g/mol. The van der Waals surface area contributed by atoms with Gasteiger partial charge in [0, 0.05) is 32.5 Å². The van der Waals surface area contributed by atoms with Crippen LogP contribution < -0.4 is 0 Å². The first-order valence-corrected chi connectivity index (χ1v) is 8.75. The summed E-state index contributed by atoms with van der Waals surface area (Å²) in [5, 5.41) is 0. The van der Waals surface area contributed by atoms with E-state index in [0.717, 1.165) is 6.26 Å². The van der Waals surface area contributed by atoms with Crippen molar-refractivity contribution >= 4 is 31.7 Å². The molecular weight excluding hydrogens is 346 g/mol. The third-order valence-corrected chi connectivity index (χ3v) is 4.38. The van der Waals surface area contributed by atoms with Crippen LogP contribution in [-0.2, 0) is 14.6 Å². The van der Waals surface area contributed by atoms with E-state index < -0.39 is 9.84 Å². The van der Waals surface area contributed by atoms with Gasteiger partial charge < -0.3 is 9.64 Å². The summed E-state index contributed by atoms with van der Waals surface area (Å²) in [6, 6.07) is 5.93. The zero-order valence-corrected chi connectivity index (χ0v) is 14.1. The van der Waals surface area contributed by atoms with Crippen molar-refractivity contribution in [3.8, 4) is 0 Å². The summed E-state index contributed by atoms with van der Waals surface area (Å²) in [5.74, 6) is -0.161. The number of amides is 1. The van der Waals surface area contributed by atoms with Gasteiger partial charge in [-0.1, -0.05) is 15.9 Å². The Hall–Kier alpha value is -0.920. The number of carbonyl (C=O) groups excluding carboxylic acids is 1. The molecule has 1 rings (SSSR count). The lowest BCUT2D eigenvalue weighted by atomic mass is 10.2. The van der Waals surface area contributed by atoms with E-state index >= 15 is 0 Å². The SMILES string of the molecule is COCC(Br)CN(C)C(=O)c1ccc(S(C)(=O)=O)cc1. The molecule has 1 aromatic rings. The molecule has 0 aliphatic rings. The minimum Gasteiger partial charge on any atom is -0.383 e. The molecule has 0 saturated carbocycles. The number of rotatable bonds is 6. The summed E-state index contributed by atoms with van der Waals surface area (Å²) in [6.45, 7) is 1.01. The van der Waals surface area contributed by atoms with Crippen LogP contribution in [0.15, 0.2) is 29.2 Å². The maximum absolute atomic E-state index is 12.2. The fourth-order valence-electron chi connectivity index (χ4n) is 1.68. The van der Waals surface area contributed by atoms with Crippen LogP contribution in [0.25, 0.3) is 0 Å². The number of alkyl halides is 1. The van der Waals surface area contributed by atoms with E-state index in [2.05, 4.69) is 15.9 Å². The van der Waals surface area contributed by atoms with Crippen molar-refractivity contribution in [3.63, 3.8) is 0 Å². The number of benzene rings is 1. The number of methoxy groups -OCH3 is 1. The highest BCUT2D eigenvalue weighted by Crippen LogP contribution is 2.12. The van der Waals surface area contributed by atoms with Crippen LogP contribution in [0.3, 0.4) is 0 Å². The Bertz CT molecular complexity index is 556. The van der Waals surface area contributed by atoms with E-state index in [-0.39, 0.29) is 15.6 Å². The fraction of sp³-hybridized carbons (Fsp3) is 0.462. The molecule has 0 bridgehead atoms. The molecule has 0 heterocycles. The second-order valence-electron chi connectivity index (χ2n) is 4.53. The average Bonchev–Trinajstić information content (AvgIpc) is 2.37. The molecule has 112 valence electrons. The van der Waals surface area contributed by atoms with Crippen LogP contribution in [0, 0.1) is 0 Å². The minimum atomic E-state index is -3.24. The molecule has 0 saturated heterocycles. The molecule has 0 aromatic heterocycles. The van der Waals surface area contributed by atoms with Crippen molar-refractivity contribution in [1.29, 1.82) is 0 Å². The van der Waals surface area contributed by atoms with Gasteiger partial charge in [0.15, 0.2) is 9.84 Å². The Morgan fingerprint density at radius 1 is 1.35 bits per heavy atom. The first-order chi connectivity index (χ1) is 9.25. The molecule has 0 N–H and O–H groups in total. The molecule has 1 atom stereocenters. The highest BCUT2D eigenvalue weighted by molar-refractivity contribution is 9.09. The lowest BCUT2D eigenvalue weighted by Gasteiger charge is -2.20. The second-order valence-corrected chi connectivity index (χ2v) is 7.85. The van der Waals surface area contributed by atoms with Crippen molar-refractivity contribution in [3.05, 3.63) is 29.8 Å². The molecule has 1 aromatic carbocycles. The van der Waals surface area contributed by atoms with Crippen LogP contribution >= 0.6 is 15.9 Å². The first kappa shape index (κ1) is 17.1. The Morgan fingerprint density at radius 3 is 2.35 bits per heavy atom. The molecule has 1 amide bonds. The van der Waals surface area contributed by atoms with E-state index in [1.807, 2.05) is 0 Å². The third-order valence-electron chi connectivity index (χ3n) is 2.70. The van der Waals surface area contributed by atoms with Crippen LogP contribution in [-0.4, -0.2) is 57.6 Å². The first-order valence-electron chi connectivity index (χ1n) is 5.94. The molecule has 7 heteroatoms. The highest BCUT2D eigenvalue weighted by atomic mass is 79.9. The van der Waals surface area contributed by atoms with E-state index in [9.17, 15) is 13.2 Å². The molecule has 0 spiro atoms. The van der Waals surface area contributed by atoms with E-state index in [4.69, 9.17) is 4.74 Å². The highest BCUT2D eigenvalue weighted by Gasteiger charge is 2.16. The van der Waals surface area contributed by atoms with Gasteiger partial charge in [-0.15, -0.1) is 0 Å². The van der Waals surface area contributed by atoms with Gasteiger partial charge in [-0.3, -0.25) is 4.79 Å². The van der Waals surface area contributed by atoms with Crippen LogP contribution in [0.2, 0.25) is 0 Å². The number of carbonyl (C=O) groups is 1. The largest absolute Gasteiger partial charge is 0.383 e. The Kier molecular flexibility index (Phi) is 6.16. The van der Waals surface area contributed by atoms with Gasteiger partial charge in [0.2, 0.25) is 0 Å². The predicted octanol–water partition coefficient (Wildman–Crippen LogP) is 1.57. The Balaban J connectivity index is 2.77. The van der Waals surface area contributed by atoms with Crippen molar-refractivity contribution in [2.75, 3.05) is 33.6 Å². The molecule has 5 nitrogen and oxygen atoms in total. The van der Waals surface area contributed by atoms with Gasteiger partial charge in [-0.25, -0.2) is 8.42 Å². The lowest BCUT2D eigenvalue weighted by molar-refractivity contribution is 0.0784. The average molecular weight is 364 g/mol. The van der Waals surface area contributed by atoms with Gasteiger partial charge >= 0.3 is 0 Å². The fourth-order valence-corrected chi connectivity index (χ4v) is 3.01. The van der Waals surface area contributed by atoms with Gasteiger partial charge in [-0.05, 0) is 24.3 Å². The van der Waals surface area contributed by atoms with E-state index in [1.54, 1.807) is 19.1 Å². The quantitative estimate of drug-likeness (QED) is 0.719. The van der Waals surface area contributed by atoms with Crippen molar-refractivity contribution < 1.29 is 17.9 Å². The normalized spacial score (nSPS) is 13.0. The molecule has 1 unspecified atom stereocenters. The molecule has 20 heavy (non-hydrogen) atoms. The maximum atomic E-state index is 12.2. The standard InChI is InChI=1S/C13H18BrNO4S/c1-15(8-11(14)9-19-2)13(16)10-4-6-12(7-5-10)20(3,17)18/h4-7,11H,8-9H2,1-3H3. The van der Waals surface area contributed by atoms with Gasteiger partial charge in [0.05, 0.1) is 16.3 Å². The minimum absolute atomic E-state index is 0.0525. The van der Waals surface area contributed by atoms with Gasteiger partial charge in [-0.2, -0.15) is 0 Å². The van der Waals surface area contributed by atoms with Crippen molar-refractivity contribution in [1.82, 2.24) is 4.90 Å².